The molecule has 2 rings (SSSR count). The topological polar surface area (TPSA) is 32.3 Å². The van der Waals surface area contributed by atoms with Crippen molar-refractivity contribution in [3.05, 3.63) is 35.6 Å². The van der Waals surface area contributed by atoms with Gasteiger partial charge < -0.3 is 10.2 Å². The number of carbonyl (C=O) groups is 1. The van der Waals surface area contributed by atoms with Gasteiger partial charge in [0, 0.05) is 32.1 Å². The van der Waals surface area contributed by atoms with Crippen molar-refractivity contribution in [3.8, 4) is 0 Å². The number of halogens is 1. The molecule has 1 amide bonds. The monoisotopic (exact) mass is 222 g/mol. The first-order chi connectivity index (χ1) is 7.68. The molecule has 1 aliphatic rings. The van der Waals surface area contributed by atoms with Crippen LogP contribution in [0.25, 0.3) is 0 Å². The highest BCUT2D eigenvalue weighted by Gasteiger charge is 2.23. The predicted octanol–water partition coefficient (Wildman–Crippen LogP) is 1.32. The number of rotatable bonds is 1. The maximum Gasteiger partial charge on any atom is 0.219 e. The van der Waals surface area contributed by atoms with Crippen molar-refractivity contribution in [1.82, 2.24) is 10.2 Å². The Kier molecular flexibility index (Phi) is 3.19. The predicted molar refractivity (Wildman–Crippen MR) is 59.4 cm³/mol. The van der Waals surface area contributed by atoms with E-state index in [2.05, 4.69) is 5.32 Å². The van der Waals surface area contributed by atoms with E-state index in [-0.39, 0.29) is 17.8 Å². The van der Waals surface area contributed by atoms with Crippen molar-refractivity contribution in [2.24, 2.45) is 0 Å². The van der Waals surface area contributed by atoms with E-state index in [0.717, 1.165) is 0 Å². The Morgan fingerprint density at radius 2 is 2.25 bits per heavy atom. The van der Waals surface area contributed by atoms with Gasteiger partial charge in [-0.25, -0.2) is 4.39 Å². The summed E-state index contributed by atoms with van der Waals surface area (Å²) < 4.78 is 13.6. The maximum atomic E-state index is 13.6. The summed E-state index contributed by atoms with van der Waals surface area (Å²) in [5.41, 5.74) is 0.633. The van der Waals surface area contributed by atoms with Gasteiger partial charge in [0.15, 0.2) is 0 Å². The second-order valence-electron chi connectivity index (χ2n) is 3.99. The highest BCUT2D eigenvalue weighted by molar-refractivity contribution is 5.73. The van der Waals surface area contributed by atoms with Crippen molar-refractivity contribution in [1.29, 1.82) is 0 Å². The molecule has 1 saturated heterocycles. The molecule has 1 atom stereocenters. The summed E-state index contributed by atoms with van der Waals surface area (Å²) >= 11 is 0. The number of hydrogen-bond acceptors (Lipinski definition) is 2. The first-order valence-electron chi connectivity index (χ1n) is 5.42. The molecule has 0 aromatic heterocycles. The fourth-order valence-corrected chi connectivity index (χ4v) is 2.00. The molecule has 1 heterocycles. The SMILES string of the molecule is CC(=O)N1CCNC(c2ccccc2F)C1. The Labute approximate surface area is 94.3 Å². The summed E-state index contributed by atoms with van der Waals surface area (Å²) in [6, 6.07) is 6.59. The van der Waals surface area contributed by atoms with Crippen molar-refractivity contribution >= 4 is 5.91 Å². The van der Waals surface area contributed by atoms with Crippen LogP contribution in [0.4, 0.5) is 4.39 Å². The largest absolute Gasteiger partial charge is 0.340 e. The lowest BCUT2D eigenvalue weighted by atomic mass is 10.0. The van der Waals surface area contributed by atoms with Gasteiger partial charge in [-0.05, 0) is 6.07 Å². The quantitative estimate of drug-likeness (QED) is 0.777. The first-order valence-corrected chi connectivity index (χ1v) is 5.42. The summed E-state index contributed by atoms with van der Waals surface area (Å²) in [5, 5.41) is 3.23. The normalized spacial score (nSPS) is 20.9. The van der Waals surface area contributed by atoms with Crippen LogP contribution in [0, 0.1) is 5.82 Å². The highest BCUT2D eigenvalue weighted by Crippen LogP contribution is 2.19. The minimum atomic E-state index is -0.217. The van der Waals surface area contributed by atoms with Gasteiger partial charge in [0.25, 0.3) is 0 Å². The van der Waals surface area contributed by atoms with Crippen molar-refractivity contribution in [2.45, 2.75) is 13.0 Å². The van der Waals surface area contributed by atoms with E-state index in [1.807, 2.05) is 6.07 Å². The third kappa shape index (κ3) is 2.22. The molecule has 1 fully saturated rings. The molecular weight excluding hydrogens is 207 g/mol. The van der Waals surface area contributed by atoms with E-state index >= 15 is 0 Å². The van der Waals surface area contributed by atoms with E-state index in [4.69, 9.17) is 0 Å². The van der Waals surface area contributed by atoms with Gasteiger partial charge in [0.05, 0.1) is 6.04 Å². The summed E-state index contributed by atoms with van der Waals surface area (Å²) in [6.07, 6.45) is 0. The second-order valence-corrected chi connectivity index (χ2v) is 3.99. The number of piperazine rings is 1. The van der Waals surface area contributed by atoms with E-state index in [0.29, 0.717) is 25.2 Å². The minimum absolute atomic E-state index is 0.0443. The zero-order valence-electron chi connectivity index (χ0n) is 9.24. The Morgan fingerprint density at radius 1 is 1.50 bits per heavy atom. The molecule has 0 aliphatic carbocycles. The molecule has 0 saturated carbocycles. The molecule has 1 aromatic carbocycles. The third-order valence-electron chi connectivity index (χ3n) is 2.90. The molecule has 16 heavy (non-hydrogen) atoms. The van der Waals surface area contributed by atoms with Crippen LogP contribution in [0.2, 0.25) is 0 Å². The van der Waals surface area contributed by atoms with Gasteiger partial charge in [0.1, 0.15) is 5.82 Å². The number of carbonyl (C=O) groups excluding carboxylic acids is 1. The van der Waals surface area contributed by atoms with Crippen LogP contribution >= 0.6 is 0 Å². The zero-order chi connectivity index (χ0) is 11.5. The molecule has 4 heteroatoms. The van der Waals surface area contributed by atoms with Crippen molar-refractivity contribution < 1.29 is 9.18 Å². The lowest BCUT2D eigenvalue weighted by Gasteiger charge is -2.33. The van der Waals surface area contributed by atoms with Crippen LogP contribution in [-0.2, 0) is 4.79 Å². The number of hydrogen-bond donors (Lipinski definition) is 1. The van der Waals surface area contributed by atoms with E-state index in [1.165, 1.54) is 6.07 Å². The Hall–Kier alpha value is -1.42. The summed E-state index contributed by atoms with van der Waals surface area (Å²) in [6.45, 7) is 3.48. The standard InChI is InChI=1S/C12H15FN2O/c1-9(16)15-7-6-14-12(8-15)10-4-2-3-5-11(10)13/h2-5,12,14H,6-8H2,1H3. The summed E-state index contributed by atoms with van der Waals surface area (Å²) in [5.74, 6) is -0.173. The Bertz CT molecular complexity index is 394. The molecule has 3 nitrogen and oxygen atoms in total. The number of nitrogens with one attached hydrogen (secondary N) is 1. The van der Waals surface area contributed by atoms with E-state index < -0.39 is 0 Å². The van der Waals surface area contributed by atoms with Crippen molar-refractivity contribution in [2.75, 3.05) is 19.6 Å². The summed E-state index contributed by atoms with van der Waals surface area (Å²) in [7, 11) is 0. The van der Waals surface area contributed by atoms with E-state index in [9.17, 15) is 9.18 Å². The summed E-state index contributed by atoms with van der Waals surface area (Å²) in [4.78, 5) is 13.0. The molecule has 1 aliphatic heterocycles. The first kappa shape index (κ1) is 11.1. The number of benzene rings is 1. The van der Waals surface area contributed by atoms with E-state index in [1.54, 1.807) is 24.0 Å². The molecule has 1 N–H and O–H groups in total. The number of nitrogens with zero attached hydrogens (tertiary/aromatic N) is 1. The third-order valence-corrected chi connectivity index (χ3v) is 2.90. The highest BCUT2D eigenvalue weighted by atomic mass is 19.1. The van der Waals surface area contributed by atoms with Crippen LogP contribution in [0.3, 0.4) is 0 Å². The average Bonchev–Trinajstić information content (AvgIpc) is 2.30. The Morgan fingerprint density at radius 3 is 2.94 bits per heavy atom. The van der Waals surface area contributed by atoms with Crippen LogP contribution in [-0.4, -0.2) is 30.4 Å². The smallest absolute Gasteiger partial charge is 0.219 e. The molecule has 0 spiro atoms. The van der Waals surface area contributed by atoms with Crippen LogP contribution < -0.4 is 5.32 Å². The lowest BCUT2D eigenvalue weighted by Crippen LogP contribution is -2.47. The fraction of sp³-hybridized carbons (Fsp3) is 0.417. The minimum Gasteiger partial charge on any atom is -0.340 e. The fourth-order valence-electron chi connectivity index (χ4n) is 2.00. The second kappa shape index (κ2) is 4.61. The van der Waals surface area contributed by atoms with Crippen LogP contribution in [0.5, 0.6) is 0 Å². The van der Waals surface area contributed by atoms with Crippen LogP contribution in [0.1, 0.15) is 18.5 Å². The van der Waals surface area contributed by atoms with Gasteiger partial charge >= 0.3 is 0 Å². The molecule has 86 valence electrons. The zero-order valence-corrected chi connectivity index (χ0v) is 9.24. The van der Waals surface area contributed by atoms with Crippen molar-refractivity contribution in [3.63, 3.8) is 0 Å². The Balaban J connectivity index is 2.16. The average molecular weight is 222 g/mol. The molecule has 1 unspecified atom stereocenters. The van der Waals surface area contributed by atoms with Gasteiger partial charge in [-0.1, -0.05) is 18.2 Å². The van der Waals surface area contributed by atoms with Gasteiger partial charge in [-0.2, -0.15) is 0 Å². The van der Waals surface area contributed by atoms with Gasteiger partial charge in [-0.15, -0.1) is 0 Å². The number of amides is 1. The maximum absolute atomic E-state index is 13.6. The molecule has 1 aromatic rings. The van der Waals surface area contributed by atoms with Gasteiger partial charge in [-0.3, -0.25) is 4.79 Å². The molecule has 0 radical (unpaired) electrons. The van der Waals surface area contributed by atoms with Gasteiger partial charge in [0.2, 0.25) is 5.91 Å². The lowest BCUT2D eigenvalue weighted by molar-refractivity contribution is -0.130. The van der Waals surface area contributed by atoms with Crippen LogP contribution in [0.15, 0.2) is 24.3 Å². The molecule has 0 bridgehead atoms. The molecular formula is C12H15FN2O.